The molecule has 0 spiro atoms. The fraction of sp³-hybridized carbons (Fsp3) is 0.423. The Hall–Kier alpha value is -2.66. The minimum Gasteiger partial charge on any atom is -0.351 e. The summed E-state index contributed by atoms with van der Waals surface area (Å²) in [7, 11) is 0. The number of fused-ring (bicyclic) bond motifs is 3. The zero-order valence-electron chi connectivity index (χ0n) is 18.1. The molecule has 0 radical (unpaired) electrons. The lowest BCUT2D eigenvalue weighted by Crippen LogP contribution is -2.46. The van der Waals surface area contributed by atoms with E-state index in [0.717, 1.165) is 43.4 Å². The van der Waals surface area contributed by atoms with Crippen LogP contribution in [0.4, 0.5) is 4.39 Å². The summed E-state index contributed by atoms with van der Waals surface area (Å²) < 4.78 is 13.2. The van der Waals surface area contributed by atoms with Crippen LogP contribution < -0.4 is 0 Å². The van der Waals surface area contributed by atoms with E-state index < -0.39 is 0 Å². The van der Waals surface area contributed by atoms with Crippen molar-refractivity contribution in [3.05, 3.63) is 71.7 Å². The Labute approximate surface area is 183 Å². The summed E-state index contributed by atoms with van der Waals surface area (Å²) >= 11 is 0. The third-order valence-electron chi connectivity index (χ3n) is 7.17. The topological polar surface area (TPSA) is 39.3 Å². The van der Waals surface area contributed by atoms with Crippen LogP contribution in [-0.2, 0) is 6.54 Å². The molecule has 2 aromatic carbocycles. The number of aromatic amines is 1. The molecule has 1 N–H and O–H groups in total. The lowest BCUT2D eigenvalue weighted by Gasteiger charge is -2.40. The highest BCUT2D eigenvalue weighted by atomic mass is 19.1. The SMILES string of the molecule is CCN(CC1CC2CCC(C1)N2Cc1ccc(F)cc1)C(=O)c1cc2ccccc2[nH]1. The third-order valence-corrected chi connectivity index (χ3v) is 7.17. The number of rotatable bonds is 6. The summed E-state index contributed by atoms with van der Waals surface area (Å²) in [5.74, 6) is 0.458. The number of nitrogens with zero attached hydrogens (tertiary/aromatic N) is 2. The Balaban J connectivity index is 1.24. The molecule has 3 aromatic rings. The number of hydrogen-bond acceptors (Lipinski definition) is 2. The molecule has 5 heteroatoms. The van der Waals surface area contributed by atoms with Gasteiger partial charge in [0.1, 0.15) is 11.5 Å². The van der Waals surface area contributed by atoms with Gasteiger partial charge in [-0.05, 0) is 68.4 Å². The molecule has 0 saturated carbocycles. The largest absolute Gasteiger partial charge is 0.351 e. The molecule has 2 fully saturated rings. The number of hydrogen-bond donors (Lipinski definition) is 1. The average Bonchev–Trinajstić information content (AvgIpc) is 3.31. The summed E-state index contributed by atoms with van der Waals surface area (Å²) in [4.78, 5) is 21.1. The first-order valence-electron chi connectivity index (χ1n) is 11.5. The number of amides is 1. The van der Waals surface area contributed by atoms with Crippen LogP contribution in [0.15, 0.2) is 54.6 Å². The van der Waals surface area contributed by atoms with Gasteiger partial charge in [-0.15, -0.1) is 0 Å². The van der Waals surface area contributed by atoms with Gasteiger partial charge >= 0.3 is 0 Å². The number of H-pyrrole nitrogens is 1. The fourth-order valence-electron chi connectivity index (χ4n) is 5.62. The van der Waals surface area contributed by atoms with E-state index in [1.165, 1.54) is 18.4 Å². The predicted molar refractivity (Wildman–Crippen MR) is 121 cm³/mol. The van der Waals surface area contributed by atoms with Crippen molar-refractivity contribution in [3.8, 4) is 0 Å². The highest BCUT2D eigenvalue weighted by Gasteiger charge is 2.41. The van der Waals surface area contributed by atoms with Crippen molar-refractivity contribution in [2.45, 2.75) is 51.2 Å². The van der Waals surface area contributed by atoms with Crippen molar-refractivity contribution in [1.82, 2.24) is 14.8 Å². The van der Waals surface area contributed by atoms with Gasteiger partial charge in [-0.2, -0.15) is 0 Å². The average molecular weight is 420 g/mol. The first-order valence-corrected chi connectivity index (χ1v) is 11.5. The summed E-state index contributed by atoms with van der Waals surface area (Å²) in [6.45, 7) is 4.51. The minimum atomic E-state index is -0.176. The molecule has 1 amide bonds. The van der Waals surface area contributed by atoms with Crippen LogP contribution in [0, 0.1) is 11.7 Å². The van der Waals surface area contributed by atoms with Crippen LogP contribution in [0.25, 0.3) is 10.9 Å². The van der Waals surface area contributed by atoms with E-state index in [1.807, 2.05) is 47.4 Å². The minimum absolute atomic E-state index is 0.0970. The second kappa shape index (κ2) is 8.46. The van der Waals surface area contributed by atoms with Gasteiger partial charge in [-0.3, -0.25) is 9.69 Å². The molecule has 31 heavy (non-hydrogen) atoms. The Morgan fingerprint density at radius 2 is 1.81 bits per heavy atom. The molecule has 2 aliphatic heterocycles. The van der Waals surface area contributed by atoms with Gasteiger partial charge in [0.25, 0.3) is 5.91 Å². The van der Waals surface area contributed by atoms with E-state index in [4.69, 9.17) is 0 Å². The smallest absolute Gasteiger partial charge is 0.270 e. The van der Waals surface area contributed by atoms with Crippen molar-refractivity contribution in [1.29, 1.82) is 0 Å². The van der Waals surface area contributed by atoms with Gasteiger partial charge < -0.3 is 9.88 Å². The first-order chi connectivity index (χ1) is 15.1. The lowest BCUT2D eigenvalue weighted by molar-refractivity contribution is 0.0588. The number of nitrogens with one attached hydrogen (secondary N) is 1. The molecule has 2 bridgehead atoms. The number of benzene rings is 2. The van der Waals surface area contributed by atoms with Crippen molar-refractivity contribution >= 4 is 16.8 Å². The molecule has 5 rings (SSSR count). The van der Waals surface area contributed by atoms with Gasteiger partial charge in [-0.1, -0.05) is 30.3 Å². The van der Waals surface area contributed by atoms with Crippen LogP contribution in [0.5, 0.6) is 0 Å². The number of piperidine rings is 1. The molecule has 2 aliphatic rings. The number of carbonyl (C=O) groups is 1. The van der Waals surface area contributed by atoms with Crippen molar-refractivity contribution in [2.24, 2.45) is 5.92 Å². The Morgan fingerprint density at radius 1 is 1.10 bits per heavy atom. The van der Waals surface area contributed by atoms with Gasteiger partial charge in [0, 0.05) is 42.6 Å². The van der Waals surface area contributed by atoms with E-state index in [-0.39, 0.29) is 11.7 Å². The Bertz CT molecular complexity index is 1010. The van der Waals surface area contributed by atoms with Gasteiger partial charge in [0.15, 0.2) is 0 Å². The maximum Gasteiger partial charge on any atom is 0.270 e. The van der Waals surface area contributed by atoms with Crippen LogP contribution in [-0.4, -0.2) is 45.9 Å². The van der Waals surface area contributed by atoms with E-state index in [2.05, 4.69) is 16.8 Å². The van der Waals surface area contributed by atoms with Crippen LogP contribution >= 0.6 is 0 Å². The second-order valence-corrected chi connectivity index (χ2v) is 9.14. The zero-order valence-corrected chi connectivity index (χ0v) is 18.1. The number of carbonyl (C=O) groups excluding carboxylic acids is 1. The molecule has 2 unspecified atom stereocenters. The maximum absolute atomic E-state index is 13.2. The Morgan fingerprint density at radius 3 is 2.48 bits per heavy atom. The molecule has 2 atom stereocenters. The monoisotopic (exact) mass is 419 g/mol. The molecule has 2 saturated heterocycles. The quantitative estimate of drug-likeness (QED) is 0.596. The Kier molecular flexibility index (Phi) is 5.53. The van der Waals surface area contributed by atoms with E-state index in [0.29, 0.717) is 23.7 Å². The second-order valence-electron chi connectivity index (χ2n) is 9.14. The highest BCUT2D eigenvalue weighted by molar-refractivity contribution is 5.98. The molecule has 3 heterocycles. The summed E-state index contributed by atoms with van der Waals surface area (Å²) in [6.07, 6.45) is 4.72. The van der Waals surface area contributed by atoms with E-state index >= 15 is 0 Å². The van der Waals surface area contributed by atoms with Crippen LogP contribution in [0.2, 0.25) is 0 Å². The summed E-state index contributed by atoms with van der Waals surface area (Å²) in [5.41, 5.74) is 2.87. The van der Waals surface area contributed by atoms with Gasteiger partial charge in [-0.25, -0.2) is 4.39 Å². The molecular weight excluding hydrogens is 389 g/mol. The van der Waals surface area contributed by atoms with Crippen molar-refractivity contribution in [3.63, 3.8) is 0 Å². The van der Waals surface area contributed by atoms with E-state index in [9.17, 15) is 9.18 Å². The number of aromatic nitrogens is 1. The summed E-state index contributed by atoms with van der Waals surface area (Å²) in [5, 5.41) is 1.08. The normalized spacial score (nSPS) is 23.4. The van der Waals surface area contributed by atoms with E-state index in [1.54, 1.807) is 12.1 Å². The van der Waals surface area contributed by atoms with Crippen molar-refractivity contribution < 1.29 is 9.18 Å². The van der Waals surface area contributed by atoms with Crippen LogP contribution in [0.1, 0.15) is 48.7 Å². The summed E-state index contributed by atoms with van der Waals surface area (Å²) in [6, 6.07) is 18.0. The third kappa shape index (κ3) is 4.11. The molecule has 162 valence electrons. The van der Waals surface area contributed by atoms with Crippen molar-refractivity contribution in [2.75, 3.05) is 13.1 Å². The predicted octanol–water partition coefficient (Wildman–Crippen LogP) is 5.21. The lowest BCUT2D eigenvalue weighted by atomic mass is 9.89. The number of para-hydroxylation sites is 1. The molecule has 1 aromatic heterocycles. The molecule has 4 nitrogen and oxygen atoms in total. The molecule has 0 aliphatic carbocycles. The highest BCUT2D eigenvalue weighted by Crippen LogP contribution is 2.40. The number of halogens is 1. The molecular formula is C26H30FN3O. The fourth-order valence-corrected chi connectivity index (χ4v) is 5.62. The van der Waals surface area contributed by atoms with Gasteiger partial charge in [0.05, 0.1) is 0 Å². The van der Waals surface area contributed by atoms with Crippen LogP contribution in [0.3, 0.4) is 0 Å². The zero-order chi connectivity index (χ0) is 21.4. The standard InChI is InChI=1S/C26H30FN3O/c1-2-29(26(31)25-15-20-5-3-4-6-24(20)28-25)16-19-13-22-11-12-23(14-19)30(22)17-18-7-9-21(27)10-8-18/h3-10,15,19,22-23,28H,2,11-14,16-17H2,1H3. The first kappa shape index (κ1) is 20.3. The van der Waals surface area contributed by atoms with Gasteiger partial charge in [0.2, 0.25) is 0 Å². The maximum atomic E-state index is 13.2.